The fourth-order valence-corrected chi connectivity index (χ4v) is 3.99. The first-order valence-electron chi connectivity index (χ1n) is 8.88. The predicted octanol–water partition coefficient (Wildman–Crippen LogP) is 4.87. The second kappa shape index (κ2) is 9.65. The molecule has 0 N–H and O–H groups in total. The van der Waals surface area contributed by atoms with E-state index in [-0.39, 0.29) is 5.91 Å². The summed E-state index contributed by atoms with van der Waals surface area (Å²) in [6.07, 6.45) is 7.77. The van der Waals surface area contributed by atoms with Gasteiger partial charge in [0.15, 0.2) is 0 Å². The number of benzene rings is 1. The van der Waals surface area contributed by atoms with E-state index >= 15 is 0 Å². The van der Waals surface area contributed by atoms with Crippen LogP contribution in [0.5, 0.6) is 0 Å². The van der Waals surface area contributed by atoms with Crippen LogP contribution >= 0.6 is 23.2 Å². The van der Waals surface area contributed by atoms with E-state index in [0.29, 0.717) is 22.1 Å². The van der Waals surface area contributed by atoms with Gasteiger partial charge >= 0.3 is 0 Å². The number of likely N-dealkylation sites (N-methyl/N-ethyl adjacent to an activating group) is 1. The van der Waals surface area contributed by atoms with Crippen molar-refractivity contribution < 1.29 is 4.79 Å². The minimum atomic E-state index is 0.219. The average molecular weight is 371 g/mol. The molecule has 0 bridgehead atoms. The number of carbonyl (C=O) groups is 1. The third-order valence-electron chi connectivity index (χ3n) is 5.12. The molecule has 0 radical (unpaired) electrons. The van der Waals surface area contributed by atoms with Crippen LogP contribution in [0.25, 0.3) is 0 Å². The predicted molar refractivity (Wildman–Crippen MR) is 102 cm³/mol. The second-order valence-electron chi connectivity index (χ2n) is 6.71. The van der Waals surface area contributed by atoms with Gasteiger partial charge in [0.25, 0.3) is 0 Å². The van der Waals surface area contributed by atoms with Gasteiger partial charge in [0, 0.05) is 26.1 Å². The first-order chi connectivity index (χ1) is 11.5. The fourth-order valence-electron chi connectivity index (χ4n) is 3.72. The van der Waals surface area contributed by atoms with Crippen LogP contribution in [0.1, 0.15) is 45.4 Å². The summed E-state index contributed by atoms with van der Waals surface area (Å²) in [4.78, 5) is 16.1. The summed E-state index contributed by atoms with van der Waals surface area (Å²) in [5, 5.41) is 1.21. The van der Waals surface area contributed by atoms with Gasteiger partial charge in [-0.2, -0.15) is 0 Å². The largest absolute Gasteiger partial charge is 0.341 e. The Kier molecular flexibility index (Phi) is 7.86. The Labute approximate surface area is 155 Å². The zero-order valence-corrected chi connectivity index (χ0v) is 16.2. The Morgan fingerprint density at radius 3 is 2.08 bits per heavy atom. The number of amides is 1. The third-order valence-corrected chi connectivity index (χ3v) is 5.88. The van der Waals surface area contributed by atoms with Crippen LogP contribution in [-0.4, -0.2) is 47.9 Å². The van der Waals surface area contributed by atoms with Gasteiger partial charge in [0.1, 0.15) is 0 Å². The lowest BCUT2D eigenvalue weighted by atomic mass is 9.88. The maximum Gasteiger partial charge on any atom is 0.219 e. The molecular formula is C19H28Cl2N2O. The Morgan fingerprint density at radius 2 is 1.58 bits per heavy atom. The SMILES string of the molecule is CC(=O)N(C)[C@@H]1CCCC[C@H]1N1CCCC1.Clc1ccccc1Cl. The summed E-state index contributed by atoms with van der Waals surface area (Å²) in [7, 11) is 1.97. The first kappa shape index (κ1) is 19.6. The molecule has 2 fully saturated rings. The summed E-state index contributed by atoms with van der Waals surface area (Å²) >= 11 is 11.2. The molecule has 2 aliphatic rings. The van der Waals surface area contributed by atoms with Crippen LogP contribution in [0.4, 0.5) is 0 Å². The van der Waals surface area contributed by atoms with E-state index in [9.17, 15) is 4.79 Å². The van der Waals surface area contributed by atoms with Gasteiger partial charge in [-0.15, -0.1) is 0 Å². The van der Waals surface area contributed by atoms with Crippen molar-refractivity contribution in [3.05, 3.63) is 34.3 Å². The van der Waals surface area contributed by atoms with E-state index in [1.807, 2.05) is 24.1 Å². The molecule has 1 saturated heterocycles. The van der Waals surface area contributed by atoms with Crippen LogP contribution in [0.15, 0.2) is 24.3 Å². The van der Waals surface area contributed by atoms with Crippen molar-refractivity contribution in [2.45, 2.75) is 57.5 Å². The Balaban J connectivity index is 0.000000219. The van der Waals surface area contributed by atoms with Crippen LogP contribution in [-0.2, 0) is 4.79 Å². The average Bonchev–Trinajstić information content (AvgIpc) is 3.12. The van der Waals surface area contributed by atoms with Gasteiger partial charge in [-0.3, -0.25) is 9.69 Å². The Bertz CT molecular complexity index is 511. The molecule has 2 atom stereocenters. The lowest BCUT2D eigenvalue weighted by Crippen LogP contribution is -2.52. The van der Waals surface area contributed by atoms with Gasteiger partial charge < -0.3 is 4.90 Å². The van der Waals surface area contributed by atoms with Gasteiger partial charge in [-0.1, -0.05) is 48.2 Å². The molecule has 1 heterocycles. The normalized spacial score (nSPS) is 24.2. The maximum atomic E-state index is 11.5. The van der Waals surface area contributed by atoms with Crippen molar-refractivity contribution in [3.63, 3.8) is 0 Å². The van der Waals surface area contributed by atoms with Crippen LogP contribution in [0.3, 0.4) is 0 Å². The van der Waals surface area contributed by atoms with Crippen LogP contribution in [0, 0.1) is 0 Å². The zero-order chi connectivity index (χ0) is 17.5. The van der Waals surface area contributed by atoms with Crippen LogP contribution < -0.4 is 0 Å². The number of carbonyl (C=O) groups excluding carboxylic acids is 1. The van der Waals surface area contributed by atoms with Crippen molar-refractivity contribution >= 4 is 29.1 Å². The molecule has 3 rings (SSSR count). The van der Waals surface area contributed by atoms with Crippen molar-refractivity contribution in [3.8, 4) is 0 Å². The lowest BCUT2D eigenvalue weighted by molar-refractivity contribution is -0.131. The molecule has 1 amide bonds. The molecule has 1 aromatic rings. The summed E-state index contributed by atoms with van der Waals surface area (Å²) in [6, 6.07) is 8.28. The monoisotopic (exact) mass is 370 g/mol. The molecule has 0 spiro atoms. The van der Waals surface area contributed by atoms with E-state index in [0.717, 1.165) is 0 Å². The number of nitrogens with zero attached hydrogens (tertiary/aromatic N) is 2. The highest BCUT2D eigenvalue weighted by molar-refractivity contribution is 6.41. The molecule has 24 heavy (non-hydrogen) atoms. The molecule has 5 heteroatoms. The van der Waals surface area contributed by atoms with Crippen molar-refractivity contribution in [2.75, 3.05) is 20.1 Å². The summed E-state index contributed by atoms with van der Waals surface area (Å²) < 4.78 is 0. The topological polar surface area (TPSA) is 23.6 Å². The highest BCUT2D eigenvalue weighted by Crippen LogP contribution is 2.29. The minimum absolute atomic E-state index is 0.219. The highest BCUT2D eigenvalue weighted by atomic mass is 35.5. The molecule has 1 aliphatic carbocycles. The summed E-state index contributed by atoms with van der Waals surface area (Å²) in [6.45, 7) is 4.18. The van der Waals surface area contributed by atoms with E-state index < -0.39 is 0 Å². The number of likely N-dealkylation sites (tertiary alicyclic amines) is 1. The van der Waals surface area contributed by atoms with Crippen molar-refractivity contribution in [1.29, 1.82) is 0 Å². The molecule has 1 saturated carbocycles. The number of rotatable bonds is 2. The number of halogens is 2. The van der Waals surface area contributed by atoms with Gasteiger partial charge in [0.05, 0.1) is 10.0 Å². The lowest BCUT2D eigenvalue weighted by Gasteiger charge is -2.42. The standard InChI is InChI=1S/C13H24N2O.C6H4Cl2/c1-11(16)14(2)12-7-3-4-8-13(12)15-9-5-6-10-15;7-5-3-1-2-4-6(5)8/h12-13H,3-10H2,1-2H3;1-4H/t12-,13-;/m1./s1. The number of hydrogen-bond donors (Lipinski definition) is 0. The van der Waals surface area contributed by atoms with Crippen molar-refractivity contribution in [1.82, 2.24) is 9.80 Å². The molecule has 3 nitrogen and oxygen atoms in total. The quantitative estimate of drug-likeness (QED) is 0.741. The summed E-state index contributed by atoms with van der Waals surface area (Å²) in [5.41, 5.74) is 0. The van der Waals surface area contributed by atoms with E-state index in [4.69, 9.17) is 23.2 Å². The minimum Gasteiger partial charge on any atom is -0.341 e. The third kappa shape index (κ3) is 5.37. The van der Waals surface area contributed by atoms with E-state index in [1.54, 1.807) is 19.1 Å². The maximum absolute atomic E-state index is 11.5. The summed E-state index contributed by atoms with van der Waals surface area (Å²) in [5.74, 6) is 0.219. The molecule has 1 aliphatic heterocycles. The Hall–Kier alpha value is -0.770. The molecule has 0 aromatic heterocycles. The van der Waals surface area contributed by atoms with Crippen molar-refractivity contribution in [2.24, 2.45) is 0 Å². The zero-order valence-electron chi connectivity index (χ0n) is 14.7. The Morgan fingerprint density at radius 1 is 1.04 bits per heavy atom. The fraction of sp³-hybridized carbons (Fsp3) is 0.632. The molecule has 134 valence electrons. The molecule has 0 unspecified atom stereocenters. The van der Waals surface area contributed by atoms with E-state index in [2.05, 4.69) is 4.90 Å². The molecule has 1 aromatic carbocycles. The van der Waals surface area contributed by atoms with Crippen LogP contribution in [0.2, 0.25) is 10.0 Å². The van der Waals surface area contributed by atoms with Gasteiger partial charge in [-0.05, 0) is 50.9 Å². The molecular weight excluding hydrogens is 343 g/mol. The second-order valence-corrected chi connectivity index (χ2v) is 7.52. The smallest absolute Gasteiger partial charge is 0.219 e. The van der Waals surface area contributed by atoms with E-state index in [1.165, 1.54) is 51.6 Å². The van der Waals surface area contributed by atoms with Gasteiger partial charge in [-0.25, -0.2) is 0 Å². The number of hydrogen-bond acceptors (Lipinski definition) is 2. The first-order valence-corrected chi connectivity index (χ1v) is 9.63. The van der Waals surface area contributed by atoms with Gasteiger partial charge in [0.2, 0.25) is 5.91 Å². The highest BCUT2D eigenvalue weighted by Gasteiger charge is 2.34.